The number of hydrogen-bond acceptors (Lipinski definition) is 3. The number of amides is 1. The Hall–Kier alpha value is -1.39. The second-order valence-corrected chi connectivity index (χ2v) is 5.77. The smallest absolute Gasteiger partial charge is 0.220 e. The van der Waals surface area contributed by atoms with Gasteiger partial charge in [0.25, 0.3) is 0 Å². The lowest BCUT2D eigenvalue weighted by molar-refractivity contribution is -0.121. The van der Waals surface area contributed by atoms with Crippen LogP contribution in [0.25, 0.3) is 0 Å². The zero-order valence-corrected chi connectivity index (χ0v) is 12.9. The van der Waals surface area contributed by atoms with Crippen LogP contribution >= 0.6 is 0 Å². The summed E-state index contributed by atoms with van der Waals surface area (Å²) in [4.78, 5) is 14.3. The normalized spacial score (nSPS) is 16.0. The number of rotatable bonds is 9. The molecule has 4 heteroatoms. The Labute approximate surface area is 127 Å². The summed E-state index contributed by atoms with van der Waals surface area (Å²) >= 11 is 0. The van der Waals surface area contributed by atoms with Crippen molar-refractivity contribution < 1.29 is 4.79 Å². The molecule has 4 nitrogen and oxygen atoms in total. The molecule has 0 radical (unpaired) electrons. The maximum Gasteiger partial charge on any atom is 0.220 e. The highest BCUT2D eigenvalue weighted by molar-refractivity contribution is 5.75. The SMILES string of the molecule is CCN(CCNC(=O)CCC(N)c1ccccc1)C1CC1. The molecule has 1 aliphatic rings. The van der Waals surface area contributed by atoms with E-state index in [1.807, 2.05) is 30.3 Å². The van der Waals surface area contributed by atoms with Crippen LogP contribution in [0.15, 0.2) is 30.3 Å². The van der Waals surface area contributed by atoms with Crippen molar-refractivity contribution in [2.75, 3.05) is 19.6 Å². The van der Waals surface area contributed by atoms with E-state index in [-0.39, 0.29) is 11.9 Å². The van der Waals surface area contributed by atoms with Crippen LogP contribution in [0.5, 0.6) is 0 Å². The minimum atomic E-state index is -0.0597. The molecule has 0 spiro atoms. The van der Waals surface area contributed by atoms with Gasteiger partial charge in [-0.1, -0.05) is 37.3 Å². The van der Waals surface area contributed by atoms with Crippen molar-refractivity contribution in [1.29, 1.82) is 0 Å². The van der Waals surface area contributed by atoms with Gasteiger partial charge in [-0.25, -0.2) is 0 Å². The maximum atomic E-state index is 11.8. The van der Waals surface area contributed by atoms with Crippen molar-refractivity contribution >= 4 is 5.91 Å². The summed E-state index contributed by atoms with van der Waals surface area (Å²) in [5, 5.41) is 3.00. The molecule has 0 heterocycles. The van der Waals surface area contributed by atoms with E-state index < -0.39 is 0 Å². The predicted molar refractivity (Wildman–Crippen MR) is 85.9 cm³/mol. The minimum absolute atomic E-state index is 0.0597. The van der Waals surface area contributed by atoms with E-state index in [1.54, 1.807) is 0 Å². The summed E-state index contributed by atoms with van der Waals surface area (Å²) in [6.07, 6.45) is 3.81. The number of nitrogens with zero attached hydrogens (tertiary/aromatic N) is 1. The monoisotopic (exact) mass is 289 g/mol. The van der Waals surface area contributed by atoms with Gasteiger partial charge in [0.2, 0.25) is 5.91 Å². The fourth-order valence-electron chi connectivity index (χ4n) is 2.62. The van der Waals surface area contributed by atoms with Crippen molar-refractivity contribution in [3.8, 4) is 0 Å². The van der Waals surface area contributed by atoms with Gasteiger partial charge in [-0.15, -0.1) is 0 Å². The van der Waals surface area contributed by atoms with Crippen LogP contribution in [0.2, 0.25) is 0 Å². The van der Waals surface area contributed by atoms with Gasteiger partial charge < -0.3 is 11.1 Å². The molecule has 1 aliphatic carbocycles. The number of likely N-dealkylation sites (N-methyl/N-ethyl adjacent to an activating group) is 1. The highest BCUT2D eigenvalue weighted by Crippen LogP contribution is 2.25. The Morgan fingerprint density at radius 3 is 2.71 bits per heavy atom. The molecular weight excluding hydrogens is 262 g/mol. The summed E-state index contributed by atoms with van der Waals surface area (Å²) in [7, 11) is 0. The Morgan fingerprint density at radius 1 is 1.38 bits per heavy atom. The van der Waals surface area contributed by atoms with E-state index >= 15 is 0 Å². The first kappa shape index (κ1) is 16.0. The van der Waals surface area contributed by atoms with Crippen LogP contribution in [-0.2, 0) is 4.79 Å². The zero-order chi connectivity index (χ0) is 15.1. The summed E-state index contributed by atoms with van der Waals surface area (Å²) in [6, 6.07) is 10.7. The molecule has 0 aromatic heterocycles. The van der Waals surface area contributed by atoms with Gasteiger partial charge in [-0.3, -0.25) is 9.69 Å². The molecule has 116 valence electrons. The Kier molecular flexibility index (Phi) is 6.21. The van der Waals surface area contributed by atoms with E-state index in [0.29, 0.717) is 12.8 Å². The number of hydrogen-bond donors (Lipinski definition) is 2. The van der Waals surface area contributed by atoms with Crippen LogP contribution in [-0.4, -0.2) is 36.5 Å². The van der Waals surface area contributed by atoms with Crippen molar-refractivity contribution in [2.45, 2.75) is 44.7 Å². The van der Waals surface area contributed by atoms with Crippen LogP contribution in [0.4, 0.5) is 0 Å². The van der Waals surface area contributed by atoms with E-state index in [1.165, 1.54) is 12.8 Å². The molecule has 2 rings (SSSR count). The summed E-state index contributed by atoms with van der Waals surface area (Å²) in [6.45, 7) is 4.94. The largest absolute Gasteiger partial charge is 0.355 e. The lowest BCUT2D eigenvalue weighted by Gasteiger charge is -2.19. The van der Waals surface area contributed by atoms with Gasteiger partial charge in [-0.05, 0) is 31.4 Å². The molecule has 1 saturated carbocycles. The third-order valence-electron chi connectivity index (χ3n) is 4.10. The third-order valence-corrected chi connectivity index (χ3v) is 4.10. The molecular formula is C17H27N3O. The minimum Gasteiger partial charge on any atom is -0.355 e. The van der Waals surface area contributed by atoms with Gasteiger partial charge in [0.05, 0.1) is 0 Å². The molecule has 3 N–H and O–H groups in total. The third kappa shape index (κ3) is 5.48. The molecule has 21 heavy (non-hydrogen) atoms. The number of carbonyl (C=O) groups is 1. The predicted octanol–water partition coefficient (Wildman–Crippen LogP) is 2.07. The number of carbonyl (C=O) groups excluding carboxylic acids is 1. The topological polar surface area (TPSA) is 58.4 Å². The van der Waals surface area contributed by atoms with Gasteiger partial charge in [0.1, 0.15) is 0 Å². The van der Waals surface area contributed by atoms with E-state index in [4.69, 9.17) is 5.73 Å². The second kappa shape index (κ2) is 8.15. The van der Waals surface area contributed by atoms with Crippen LogP contribution < -0.4 is 11.1 Å². The molecule has 1 fully saturated rings. The van der Waals surface area contributed by atoms with Crippen LogP contribution in [0, 0.1) is 0 Å². The number of benzene rings is 1. The van der Waals surface area contributed by atoms with Crippen molar-refractivity contribution in [3.63, 3.8) is 0 Å². The number of nitrogens with two attached hydrogens (primary N) is 1. The quantitative estimate of drug-likeness (QED) is 0.731. The first-order valence-corrected chi connectivity index (χ1v) is 8.02. The van der Waals surface area contributed by atoms with Crippen molar-refractivity contribution in [1.82, 2.24) is 10.2 Å². The Balaban J connectivity index is 1.61. The van der Waals surface area contributed by atoms with Gasteiger partial charge in [0.15, 0.2) is 0 Å². The van der Waals surface area contributed by atoms with Gasteiger partial charge in [-0.2, -0.15) is 0 Å². The fraction of sp³-hybridized carbons (Fsp3) is 0.588. The maximum absolute atomic E-state index is 11.8. The Morgan fingerprint density at radius 2 is 2.10 bits per heavy atom. The van der Waals surface area contributed by atoms with Gasteiger partial charge in [0, 0.05) is 31.6 Å². The fourth-order valence-corrected chi connectivity index (χ4v) is 2.62. The van der Waals surface area contributed by atoms with E-state index in [0.717, 1.165) is 31.2 Å². The molecule has 0 saturated heterocycles. The standard InChI is InChI=1S/C17H27N3O/c1-2-20(15-8-9-15)13-12-19-17(21)11-10-16(18)14-6-4-3-5-7-14/h3-7,15-16H,2,8-13,18H2,1H3,(H,19,21). The van der Waals surface area contributed by atoms with Crippen LogP contribution in [0.3, 0.4) is 0 Å². The average molecular weight is 289 g/mol. The average Bonchev–Trinajstić information content (AvgIpc) is 3.35. The Bertz CT molecular complexity index is 431. The van der Waals surface area contributed by atoms with Crippen LogP contribution in [0.1, 0.15) is 44.2 Å². The lowest BCUT2D eigenvalue weighted by atomic mass is 10.0. The zero-order valence-electron chi connectivity index (χ0n) is 12.9. The summed E-state index contributed by atoms with van der Waals surface area (Å²) in [5.41, 5.74) is 7.20. The second-order valence-electron chi connectivity index (χ2n) is 5.77. The highest BCUT2D eigenvalue weighted by atomic mass is 16.1. The van der Waals surface area contributed by atoms with E-state index in [9.17, 15) is 4.79 Å². The molecule has 0 bridgehead atoms. The van der Waals surface area contributed by atoms with Crippen molar-refractivity contribution in [3.05, 3.63) is 35.9 Å². The van der Waals surface area contributed by atoms with Gasteiger partial charge >= 0.3 is 0 Å². The lowest BCUT2D eigenvalue weighted by Crippen LogP contribution is -2.36. The first-order chi connectivity index (χ1) is 10.2. The highest BCUT2D eigenvalue weighted by Gasteiger charge is 2.27. The molecule has 1 aromatic carbocycles. The molecule has 0 aliphatic heterocycles. The van der Waals surface area contributed by atoms with E-state index in [2.05, 4.69) is 17.1 Å². The number of nitrogens with one attached hydrogen (secondary N) is 1. The van der Waals surface area contributed by atoms with Crippen molar-refractivity contribution in [2.24, 2.45) is 5.73 Å². The summed E-state index contributed by atoms with van der Waals surface area (Å²) in [5.74, 6) is 0.105. The summed E-state index contributed by atoms with van der Waals surface area (Å²) < 4.78 is 0. The first-order valence-electron chi connectivity index (χ1n) is 8.02. The molecule has 1 atom stereocenters. The molecule has 1 amide bonds. The molecule has 1 aromatic rings. The molecule has 1 unspecified atom stereocenters.